The van der Waals surface area contributed by atoms with E-state index in [1.807, 2.05) is 18.7 Å². The number of hydrogen-bond acceptors (Lipinski definition) is 5. The molecule has 1 fully saturated rings. The molecule has 6 nitrogen and oxygen atoms in total. The van der Waals surface area contributed by atoms with Gasteiger partial charge in [-0.1, -0.05) is 6.42 Å². The number of aromatic nitrogens is 4. The van der Waals surface area contributed by atoms with Crippen molar-refractivity contribution in [3.05, 3.63) is 5.82 Å². The topological polar surface area (TPSA) is 80.9 Å². The van der Waals surface area contributed by atoms with Gasteiger partial charge in [0.1, 0.15) is 0 Å². The van der Waals surface area contributed by atoms with Crippen molar-refractivity contribution >= 4 is 17.7 Å². The summed E-state index contributed by atoms with van der Waals surface area (Å²) in [4.78, 5) is 10.7. The lowest BCUT2D eigenvalue weighted by Gasteiger charge is -2.21. The Morgan fingerprint density at radius 1 is 1.65 bits per heavy atom. The van der Waals surface area contributed by atoms with Crippen LogP contribution in [0.1, 0.15) is 49.7 Å². The number of carbonyl (C=O) groups is 1. The minimum atomic E-state index is -0.824. The zero-order valence-corrected chi connectivity index (χ0v) is 10.6. The number of nitrogens with zero attached hydrogens (tertiary/aromatic N) is 4. The third-order valence-electron chi connectivity index (χ3n) is 2.87. The monoisotopic (exact) mass is 256 g/mol. The Hall–Kier alpha value is -1.11. The van der Waals surface area contributed by atoms with Crippen LogP contribution in [-0.4, -0.2) is 37.0 Å². The third kappa shape index (κ3) is 2.96. The summed E-state index contributed by atoms with van der Waals surface area (Å²) in [5, 5.41) is 20.8. The maximum Gasteiger partial charge on any atom is 0.305 e. The lowest BCUT2D eigenvalue weighted by molar-refractivity contribution is -0.137. The Balaban J connectivity index is 2.12. The van der Waals surface area contributed by atoms with Gasteiger partial charge in [0.2, 0.25) is 0 Å². The lowest BCUT2D eigenvalue weighted by atomic mass is 10.1. The van der Waals surface area contributed by atoms with Crippen molar-refractivity contribution in [1.29, 1.82) is 0 Å². The van der Waals surface area contributed by atoms with Gasteiger partial charge in [-0.3, -0.25) is 4.79 Å². The number of carboxylic acids is 1. The van der Waals surface area contributed by atoms with Crippen LogP contribution in [0.15, 0.2) is 0 Å². The summed E-state index contributed by atoms with van der Waals surface area (Å²) in [5.74, 6) is 1.13. The smallest absolute Gasteiger partial charge is 0.305 e. The molecule has 0 radical (unpaired) electrons. The molecule has 1 aliphatic heterocycles. The van der Waals surface area contributed by atoms with E-state index < -0.39 is 5.97 Å². The van der Waals surface area contributed by atoms with E-state index in [2.05, 4.69) is 15.5 Å². The number of carboxylic acid groups (broad SMARTS) is 1. The molecule has 2 unspecified atom stereocenters. The first-order valence-electron chi connectivity index (χ1n) is 5.79. The molecule has 0 saturated carbocycles. The van der Waals surface area contributed by atoms with Crippen LogP contribution in [0, 0.1) is 0 Å². The molecule has 1 aromatic heterocycles. The zero-order chi connectivity index (χ0) is 12.3. The molecule has 1 aliphatic rings. The number of aliphatic carboxylic acids is 1. The fourth-order valence-corrected chi connectivity index (χ4v) is 3.30. The molecule has 0 aromatic carbocycles. The van der Waals surface area contributed by atoms with Crippen molar-refractivity contribution in [3.8, 4) is 0 Å². The Morgan fingerprint density at radius 3 is 3.12 bits per heavy atom. The minimum absolute atomic E-state index is 0.0510. The van der Waals surface area contributed by atoms with Gasteiger partial charge < -0.3 is 5.11 Å². The maximum atomic E-state index is 10.7. The van der Waals surface area contributed by atoms with Gasteiger partial charge in [-0.25, -0.2) is 4.68 Å². The van der Waals surface area contributed by atoms with Crippen molar-refractivity contribution in [2.75, 3.05) is 5.75 Å². The van der Waals surface area contributed by atoms with E-state index in [0.717, 1.165) is 18.0 Å². The molecule has 1 N–H and O–H groups in total. The molecule has 94 valence electrons. The van der Waals surface area contributed by atoms with Crippen LogP contribution >= 0.6 is 11.8 Å². The molecule has 2 atom stereocenters. The molecule has 0 amide bonds. The van der Waals surface area contributed by atoms with E-state index >= 15 is 0 Å². The average molecular weight is 256 g/mol. The molecule has 2 heterocycles. The summed E-state index contributed by atoms with van der Waals surface area (Å²) >= 11 is 1.86. The summed E-state index contributed by atoms with van der Waals surface area (Å²) in [5.41, 5.74) is 0. The van der Waals surface area contributed by atoms with Crippen LogP contribution < -0.4 is 0 Å². The van der Waals surface area contributed by atoms with Gasteiger partial charge in [-0.05, 0) is 35.9 Å². The molecule has 1 saturated heterocycles. The maximum absolute atomic E-state index is 10.7. The number of thioether (sulfide) groups is 1. The Labute approximate surface area is 104 Å². The number of rotatable bonds is 4. The van der Waals surface area contributed by atoms with Crippen LogP contribution in [0.25, 0.3) is 0 Å². The Bertz CT molecular complexity index is 389. The molecular weight excluding hydrogens is 240 g/mol. The second-order valence-corrected chi connectivity index (χ2v) is 5.59. The van der Waals surface area contributed by atoms with E-state index in [1.54, 1.807) is 4.68 Å². The Morgan fingerprint density at radius 2 is 2.47 bits per heavy atom. The zero-order valence-electron chi connectivity index (χ0n) is 9.74. The van der Waals surface area contributed by atoms with Crippen molar-refractivity contribution < 1.29 is 9.90 Å². The van der Waals surface area contributed by atoms with Gasteiger partial charge in [-0.15, -0.1) is 5.10 Å². The van der Waals surface area contributed by atoms with Gasteiger partial charge in [0.15, 0.2) is 5.82 Å². The second-order valence-electron chi connectivity index (χ2n) is 4.28. The van der Waals surface area contributed by atoms with Crippen LogP contribution in [-0.2, 0) is 4.79 Å². The van der Waals surface area contributed by atoms with Crippen LogP contribution in [0.5, 0.6) is 0 Å². The van der Waals surface area contributed by atoms with Gasteiger partial charge in [-0.2, -0.15) is 11.8 Å². The second kappa shape index (κ2) is 5.48. The molecule has 0 bridgehead atoms. The average Bonchev–Trinajstić information content (AvgIpc) is 2.78. The van der Waals surface area contributed by atoms with Gasteiger partial charge in [0, 0.05) is 0 Å². The highest BCUT2D eigenvalue weighted by molar-refractivity contribution is 7.99. The van der Waals surface area contributed by atoms with Crippen LogP contribution in [0.3, 0.4) is 0 Å². The standard InChI is InChI=1S/C10H16N4O2S/c1-7(6-9(15)16)14-10(11-12-13-14)8-4-2-3-5-17-8/h7-8H,2-6H2,1H3,(H,15,16). The van der Waals surface area contributed by atoms with E-state index in [4.69, 9.17) is 5.11 Å². The highest BCUT2D eigenvalue weighted by atomic mass is 32.2. The lowest BCUT2D eigenvalue weighted by Crippen LogP contribution is -2.17. The van der Waals surface area contributed by atoms with Crippen molar-refractivity contribution in [3.63, 3.8) is 0 Å². The van der Waals surface area contributed by atoms with Crippen molar-refractivity contribution in [2.24, 2.45) is 0 Å². The van der Waals surface area contributed by atoms with Crippen molar-refractivity contribution in [1.82, 2.24) is 20.2 Å². The third-order valence-corrected chi connectivity index (χ3v) is 4.25. The minimum Gasteiger partial charge on any atom is -0.481 e. The van der Waals surface area contributed by atoms with Gasteiger partial charge >= 0.3 is 5.97 Å². The fraction of sp³-hybridized carbons (Fsp3) is 0.800. The quantitative estimate of drug-likeness (QED) is 0.882. The molecule has 7 heteroatoms. The summed E-state index contributed by atoms with van der Waals surface area (Å²) in [6.45, 7) is 1.83. The van der Waals surface area contributed by atoms with E-state index in [1.165, 1.54) is 12.8 Å². The first-order chi connectivity index (χ1) is 8.18. The molecule has 2 rings (SSSR count). The van der Waals surface area contributed by atoms with E-state index in [0.29, 0.717) is 5.25 Å². The summed E-state index contributed by atoms with van der Waals surface area (Å²) in [7, 11) is 0. The molecule has 0 spiro atoms. The largest absolute Gasteiger partial charge is 0.481 e. The first-order valence-corrected chi connectivity index (χ1v) is 6.84. The highest BCUT2D eigenvalue weighted by Gasteiger charge is 2.24. The fourth-order valence-electron chi connectivity index (χ4n) is 2.01. The molecule has 0 aliphatic carbocycles. The normalized spacial score (nSPS) is 22.3. The van der Waals surface area contributed by atoms with Gasteiger partial charge in [0.05, 0.1) is 17.7 Å². The predicted octanol–water partition coefficient (Wildman–Crippen LogP) is 1.67. The molecule has 17 heavy (non-hydrogen) atoms. The molecular formula is C10H16N4O2S. The summed E-state index contributed by atoms with van der Waals surface area (Å²) in [6, 6.07) is -0.194. The van der Waals surface area contributed by atoms with E-state index in [-0.39, 0.29) is 12.5 Å². The summed E-state index contributed by atoms with van der Waals surface area (Å²) < 4.78 is 1.66. The SMILES string of the molecule is CC(CC(=O)O)n1nnnc1C1CCCCS1. The number of tetrazole rings is 1. The predicted molar refractivity (Wildman–Crippen MR) is 63.8 cm³/mol. The van der Waals surface area contributed by atoms with Crippen LogP contribution in [0.2, 0.25) is 0 Å². The first kappa shape index (κ1) is 12.3. The summed E-state index contributed by atoms with van der Waals surface area (Å²) in [6.07, 6.45) is 3.56. The van der Waals surface area contributed by atoms with Gasteiger partial charge in [0.25, 0.3) is 0 Å². The Kier molecular flexibility index (Phi) is 3.98. The molecule has 1 aromatic rings. The highest BCUT2D eigenvalue weighted by Crippen LogP contribution is 2.37. The number of hydrogen-bond donors (Lipinski definition) is 1. The van der Waals surface area contributed by atoms with Crippen LogP contribution in [0.4, 0.5) is 0 Å². The van der Waals surface area contributed by atoms with Crippen molar-refractivity contribution in [2.45, 2.75) is 43.9 Å². The van der Waals surface area contributed by atoms with E-state index in [9.17, 15) is 4.79 Å².